The number of esters is 1. The summed E-state index contributed by atoms with van der Waals surface area (Å²) in [6.45, 7) is 12.8. The monoisotopic (exact) mass is 412 g/mol. The summed E-state index contributed by atoms with van der Waals surface area (Å²) in [6, 6.07) is 12.1. The highest BCUT2D eigenvalue weighted by Crippen LogP contribution is 2.58. The lowest BCUT2D eigenvalue weighted by atomic mass is 9.74. The minimum absolute atomic E-state index is 0.279. The van der Waals surface area contributed by atoms with Crippen LogP contribution in [0, 0.1) is 27.7 Å². The Bertz CT molecular complexity index is 1200. The Morgan fingerprint density at radius 2 is 1.29 bits per heavy atom. The number of benzene rings is 3. The van der Waals surface area contributed by atoms with Gasteiger partial charge < -0.3 is 9.47 Å². The Morgan fingerprint density at radius 1 is 0.774 bits per heavy atom. The Labute approximate surface area is 184 Å². The van der Waals surface area contributed by atoms with Gasteiger partial charge in [-0.15, -0.1) is 0 Å². The summed E-state index contributed by atoms with van der Waals surface area (Å²) in [7, 11) is 0. The maximum Gasteiger partial charge on any atom is 0.340 e. The Morgan fingerprint density at radius 3 is 1.81 bits per heavy atom. The molecule has 0 unspecified atom stereocenters. The van der Waals surface area contributed by atoms with Gasteiger partial charge in [0.05, 0.1) is 5.56 Å². The fraction of sp³-hybridized carbons (Fsp3) is 0.321. The highest BCUT2D eigenvalue weighted by molar-refractivity contribution is 5.97. The minimum Gasteiger partial charge on any atom is -0.456 e. The summed E-state index contributed by atoms with van der Waals surface area (Å²) < 4.78 is 13.0. The van der Waals surface area contributed by atoms with Gasteiger partial charge in [0.15, 0.2) is 5.60 Å². The van der Waals surface area contributed by atoms with Gasteiger partial charge in [-0.25, -0.2) is 4.79 Å². The van der Waals surface area contributed by atoms with Gasteiger partial charge in [0, 0.05) is 16.7 Å². The number of fused-ring (bicyclic) bond motifs is 6. The number of carbonyl (C=O) groups is 1. The van der Waals surface area contributed by atoms with Gasteiger partial charge in [0.25, 0.3) is 0 Å². The van der Waals surface area contributed by atoms with Gasteiger partial charge in [-0.1, -0.05) is 32.0 Å². The number of carbonyl (C=O) groups excluding carboxylic acids is 1. The maximum atomic E-state index is 13.1. The van der Waals surface area contributed by atoms with E-state index >= 15 is 0 Å². The molecule has 1 spiro atoms. The van der Waals surface area contributed by atoms with Gasteiger partial charge in [-0.05, 0) is 92.1 Å². The molecule has 0 fully saturated rings. The van der Waals surface area contributed by atoms with Crippen LogP contribution in [-0.2, 0) is 23.2 Å². The fourth-order valence-corrected chi connectivity index (χ4v) is 5.75. The van der Waals surface area contributed by atoms with E-state index in [-0.39, 0.29) is 5.97 Å². The summed E-state index contributed by atoms with van der Waals surface area (Å²) in [5, 5.41) is 0. The molecule has 0 aliphatic carbocycles. The Hall–Kier alpha value is -3.07. The second-order valence-corrected chi connectivity index (χ2v) is 8.77. The molecule has 3 aromatic carbocycles. The summed E-state index contributed by atoms with van der Waals surface area (Å²) in [6.07, 6.45) is 1.86. The van der Waals surface area contributed by atoms with Crippen molar-refractivity contribution in [3.05, 3.63) is 92.0 Å². The van der Waals surface area contributed by atoms with E-state index in [0.29, 0.717) is 5.56 Å². The van der Waals surface area contributed by atoms with E-state index in [9.17, 15) is 4.79 Å². The lowest BCUT2D eigenvalue weighted by Crippen LogP contribution is -2.34. The number of hydrogen-bond acceptors (Lipinski definition) is 3. The molecule has 2 aliphatic rings. The van der Waals surface area contributed by atoms with Crippen molar-refractivity contribution in [1.29, 1.82) is 0 Å². The van der Waals surface area contributed by atoms with Crippen LogP contribution in [0.3, 0.4) is 0 Å². The van der Waals surface area contributed by atoms with Gasteiger partial charge in [-0.3, -0.25) is 0 Å². The van der Waals surface area contributed by atoms with Crippen molar-refractivity contribution in [3.63, 3.8) is 0 Å². The third-order valence-corrected chi connectivity index (χ3v) is 7.19. The standard InChI is InChI=1S/C28H28O3/c1-7-19-15(3)13-23-25(17(19)5)30-26-18(6)20(8-2)16(4)14-24(26)28(23)22-12-10-9-11-21(22)27(29)31-28/h9-14H,7-8H2,1-6H3. The molecular formula is C28H28O3. The largest absolute Gasteiger partial charge is 0.456 e. The van der Waals surface area contributed by atoms with Gasteiger partial charge in [-0.2, -0.15) is 0 Å². The Kier molecular flexibility index (Phi) is 4.30. The van der Waals surface area contributed by atoms with Gasteiger partial charge in [0.2, 0.25) is 0 Å². The van der Waals surface area contributed by atoms with Gasteiger partial charge >= 0.3 is 5.97 Å². The lowest BCUT2D eigenvalue weighted by molar-refractivity contribution is 0.0222. The van der Waals surface area contributed by atoms with Crippen molar-refractivity contribution in [1.82, 2.24) is 0 Å². The maximum absolute atomic E-state index is 13.1. The van der Waals surface area contributed by atoms with Crippen LogP contribution in [0.1, 0.15) is 74.3 Å². The normalized spacial score (nSPS) is 15.2. The molecule has 5 rings (SSSR count). The predicted molar refractivity (Wildman–Crippen MR) is 122 cm³/mol. The molecule has 0 N–H and O–H groups in total. The van der Waals surface area contributed by atoms with Crippen LogP contribution in [0.15, 0.2) is 36.4 Å². The molecule has 2 aliphatic heterocycles. The molecule has 31 heavy (non-hydrogen) atoms. The van der Waals surface area contributed by atoms with Crippen LogP contribution in [0.25, 0.3) is 0 Å². The molecule has 158 valence electrons. The molecule has 3 aromatic rings. The molecule has 3 heteroatoms. The predicted octanol–water partition coefficient (Wildman–Crippen LogP) is 6.61. The van der Waals surface area contributed by atoms with Crippen LogP contribution < -0.4 is 4.74 Å². The zero-order valence-electron chi connectivity index (χ0n) is 19.1. The molecule has 0 amide bonds. The zero-order valence-corrected chi connectivity index (χ0v) is 19.1. The van der Waals surface area contributed by atoms with Crippen molar-refractivity contribution in [2.24, 2.45) is 0 Å². The number of ether oxygens (including phenoxy) is 2. The van der Waals surface area contributed by atoms with E-state index < -0.39 is 5.60 Å². The first-order valence-electron chi connectivity index (χ1n) is 11.1. The van der Waals surface area contributed by atoms with Crippen molar-refractivity contribution < 1.29 is 14.3 Å². The number of hydrogen-bond donors (Lipinski definition) is 0. The number of rotatable bonds is 2. The van der Waals surface area contributed by atoms with E-state index in [4.69, 9.17) is 9.47 Å². The third-order valence-electron chi connectivity index (χ3n) is 7.19. The van der Waals surface area contributed by atoms with Crippen LogP contribution in [-0.4, -0.2) is 5.97 Å². The average molecular weight is 413 g/mol. The SMILES string of the molecule is CCc1c(C)cc2c(c1C)Oc1c(cc(C)c(CC)c1C)C21OC(=O)c2ccccc21. The van der Waals surface area contributed by atoms with Gasteiger partial charge in [0.1, 0.15) is 11.5 Å². The van der Waals surface area contributed by atoms with Crippen LogP contribution in [0.2, 0.25) is 0 Å². The van der Waals surface area contributed by atoms with Crippen LogP contribution in [0.4, 0.5) is 0 Å². The van der Waals surface area contributed by atoms with E-state index in [1.54, 1.807) is 0 Å². The van der Waals surface area contributed by atoms with E-state index in [2.05, 4.69) is 53.7 Å². The summed E-state index contributed by atoms with van der Waals surface area (Å²) in [5.41, 5.74) is 9.62. The number of aryl methyl sites for hydroxylation is 2. The quantitative estimate of drug-likeness (QED) is 0.444. The highest BCUT2D eigenvalue weighted by Gasteiger charge is 2.54. The lowest BCUT2D eigenvalue weighted by Gasteiger charge is -2.39. The molecule has 0 radical (unpaired) electrons. The first-order chi connectivity index (χ1) is 14.8. The summed E-state index contributed by atoms with van der Waals surface area (Å²) in [5.74, 6) is 1.38. The van der Waals surface area contributed by atoms with Crippen molar-refractivity contribution in [2.45, 2.75) is 60.0 Å². The Balaban J connectivity index is 1.96. The van der Waals surface area contributed by atoms with Crippen molar-refractivity contribution in [2.75, 3.05) is 0 Å². The summed E-state index contributed by atoms with van der Waals surface area (Å²) >= 11 is 0. The van der Waals surface area contributed by atoms with Crippen molar-refractivity contribution in [3.8, 4) is 11.5 Å². The molecular weight excluding hydrogens is 384 g/mol. The van der Waals surface area contributed by atoms with E-state index in [1.165, 1.54) is 22.3 Å². The third kappa shape index (κ3) is 2.43. The van der Waals surface area contributed by atoms with E-state index in [1.807, 2.05) is 24.3 Å². The summed E-state index contributed by atoms with van der Waals surface area (Å²) in [4.78, 5) is 13.1. The molecule has 0 saturated heterocycles. The molecule has 0 atom stereocenters. The molecule has 0 saturated carbocycles. The van der Waals surface area contributed by atoms with Crippen molar-refractivity contribution >= 4 is 5.97 Å². The molecule has 0 aromatic heterocycles. The second-order valence-electron chi connectivity index (χ2n) is 8.77. The molecule has 3 nitrogen and oxygen atoms in total. The average Bonchev–Trinajstić information content (AvgIpc) is 3.04. The second kappa shape index (κ2) is 6.71. The zero-order chi connectivity index (χ0) is 22.1. The highest BCUT2D eigenvalue weighted by atomic mass is 16.6. The minimum atomic E-state index is -0.986. The topological polar surface area (TPSA) is 35.5 Å². The molecule has 0 bridgehead atoms. The first kappa shape index (κ1) is 19.9. The first-order valence-corrected chi connectivity index (χ1v) is 11.1. The van der Waals surface area contributed by atoms with Crippen LogP contribution in [0.5, 0.6) is 11.5 Å². The van der Waals surface area contributed by atoms with Crippen LogP contribution >= 0.6 is 0 Å². The smallest absolute Gasteiger partial charge is 0.340 e. The van der Waals surface area contributed by atoms with E-state index in [0.717, 1.165) is 52.2 Å². The molecule has 2 heterocycles. The fourth-order valence-electron chi connectivity index (χ4n) is 5.75.